The van der Waals surface area contributed by atoms with Crippen LogP contribution < -0.4 is 0 Å². The molecule has 0 amide bonds. The molecule has 1 aromatic rings. The van der Waals surface area contributed by atoms with Crippen LogP contribution in [-0.2, 0) is 9.59 Å². The van der Waals surface area contributed by atoms with Crippen LogP contribution in [-0.4, -0.2) is 21.8 Å². The average molecular weight is 291 g/mol. The molecule has 5 heteroatoms. The lowest BCUT2D eigenvalue weighted by Gasteiger charge is -2.20. The van der Waals surface area contributed by atoms with Crippen LogP contribution in [0.1, 0.15) is 69.7 Å². The number of allylic oxidation sites excluding steroid dienone is 2. The Hall–Kier alpha value is -1.91. The SMILES string of the molecule is CCCC(=O)C1=C(O)CC(c2cc(C(C)C)no2)CC1=O. The molecule has 1 atom stereocenters. The number of rotatable bonds is 5. The van der Waals surface area contributed by atoms with E-state index in [0.29, 0.717) is 12.2 Å². The molecular formula is C16H21NO4. The number of hydrogen-bond donors (Lipinski definition) is 1. The summed E-state index contributed by atoms with van der Waals surface area (Å²) in [6.07, 6.45) is 1.38. The smallest absolute Gasteiger partial charge is 0.170 e. The molecule has 0 aromatic carbocycles. The lowest BCUT2D eigenvalue weighted by Crippen LogP contribution is -2.23. The Labute approximate surface area is 124 Å². The van der Waals surface area contributed by atoms with Crippen molar-refractivity contribution < 1.29 is 19.2 Å². The lowest BCUT2D eigenvalue weighted by molar-refractivity contribution is -0.122. The van der Waals surface area contributed by atoms with Crippen LogP contribution >= 0.6 is 0 Å². The molecule has 0 radical (unpaired) electrons. The lowest BCUT2D eigenvalue weighted by atomic mass is 9.83. The highest BCUT2D eigenvalue weighted by Gasteiger charge is 2.33. The molecule has 114 valence electrons. The van der Waals surface area contributed by atoms with Gasteiger partial charge in [0.25, 0.3) is 0 Å². The van der Waals surface area contributed by atoms with Gasteiger partial charge in [-0.25, -0.2) is 0 Å². The van der Waals surface area contributed by atoms with E-state index in [0.717, 1.165) is 5.69 Å². The minimum atomic E-state index is -0.301. The molecule has 21 heavy (non-hydrogen) atoms. The van der Waals surface area contributed by atoms with Crippen LogP contribution in [0.15, 0.2) is 21.9 Å². The van der Waals surface area contributed by atoms with Gasteiger partial charge in [0.15, 0.2) is 11.6 Å². The molecule has 1 N–H and O–H groups in total. The Morgan fingerprint density at radius 1 is 1.48 bits per heavy atom. The van der Waals surface area contributed by atoms with Crippen molar-refractivity contribution in [1.82, 2.24) is 5.16 Å². The Kier molecular flexibility index (Phi) is 4.60. The van der Waals surface area contributed by atoms with Crippen LogP contribution in [0.5, 0.6) is 0 Å². The molecule has 0 fully saturated rings. The third kappa shape index (κ3) is 3.23. The summed E-state index contributed by atoms with van der Waals surface area (Å²) in [5.41, 5.74) is 0.811. The second kappa shape index (κ2) is 6.24. The first-order valence-electron chi connectivity index (χ1n) is 7.39. The van der Waals surface area contributed by atoms with Crippen molar-refractivity contribution in [1.29, 1.82) is 0 Å². The van der Waals surface area contributed by atoms with Crippen molar-refractivity contribution in [3.05, 3.63) is 28.9 Å². The number of Topliss-reactive ketones (excluding diaryl/α,β-unsaturated/α-hetero) is 2. The van der Waals surface area contributed by atoms with Crippen molar-refractivity contribution in [3.63, 3.8) is 0 Å². The van der Waals surface area contributed by atoms with Gasteiger partial charge in [-0.15, -0.1) is 0 Å². The highest BCUT2D eigenvalue weighted by Crippen LogP contribution is 2.35. The first kappa shape index (κ1) is 15.5. The monoisotopic (exact) mass is 291 g/mol. The van der Waals surface area contributed by atoms with Gasteiger partial charge in [0.1, 0.15) is 11.5 Å². The van der Waals surface area contributed by atoms with Crippen LogP contribution in [0, 0.1) is 0 Å². The number of carbonyl (C=O) groups is 2. The summed E-state index contributed by atoms with van der Waals surface area (Å²) < 4.78 is 5.28. The molecule has 0 saturated carbocycles. The molecule has 1 aliphatic rings. The van der Waals surface area contributed by atoms with Gasteiger partial charge in [-0.2, -0.15) is 0 Å². The molecule has 1 unspecified atom stereocenters. The molecule has 0 spiro atoms. The zero-order chi connectivity index (χ0) is 15.6. The zero-order valence-corrected chi connectivity index (χ0v) is 12.7. The summed E-state index contributed by atoms with van der Waals surface area (Å²) >= 11 is 0. The van der Waals surface area contributed by atoms with E-state index in [1.807, 2.05) is 26.8 Å². The van der Waals surface area contributed by atoms with Crippen molar-refractivity contribution in [2.45, 2.75) is 58.3 Å². The maximum absolute atomic E-state index is 12.1. The topological polar surface area (TPSA) is 80.4 Å². The molecule has 1 heterocycles. The number of nitrogens with zero attached hydrogens (tertiary/aromatic N) is 1. The number of aromatic nitrogens is 1. The third-order valence-corrected chi connectivity index (χ3v) is 3.74. The minimum Gasteiger partial charge on any atom is -0.511 e. The Balaban J connectivity index is 2.21. The van der Waals surface area contributed by atoms with E-state index in [1.165, 1.54) is 0 Å². The Bertz CT molecular complexity index is 583. The van der Waals surface area contributed by atoms with Crippen molar-refractivity contribution >= 4 is 11.6 Å². The largest absolute Gasteiger partial charge is 0.511 e. The van der Waals surface area contributed by atoms with Gasteiger partial charge in [0.2, 0.25) is 0 Å². The average Bonchev–Trinajstić information content (AvgIpc) is 2.87. The van der Waals surface area contributed by atoms with Crippen molar-refractivity contribution in [2.75, 3.05) is 0 Å². The van der Waals surface area contributed by atoms with E-state index in [9.17, 15) is 14.7 Å². The van der Waals surface area contributed by atoms with Gasteiger partial charge in [0, 0.05) is 31.2 Å². The standard InChI is InChI=1S/C16H21NO4/c1-4-5-12(18)16-13(19)6-10(7-14(16)20)15-8-11(9(2)3)17-21-15/h8-10,19H,4-7H2,1-3H3. The zero-order valence-electron chi connectivity index (χ0n) is 12.7. The first-order valence-corrected chi connectivity index (χ1v) is 7.39. The van der Waals surface area contributed by atoms with Crippen molar-refractivity contribution in [2.24, 2.45) is 0 Å². The van der Waals surface area contributed by atoms with Gasteiger partial charge < -0.3 is 9.63 Å². The van der Waals surface area contributed by atoms with E-state index in [-0.39, 0.29) is 54.0 Å². The fourth-order valence-corrected chi connectivity index (χ4v) is 2.53. The fourth-order valence-electron chi connectivity index (χ4n) is 2.53. The summed E-state index contributed by atoms with van der Waals surface area (Å²) in [5.74, 6) is -0.0790. The molecule has 1 aromatic heterocycles. The summed E-state index contributed by atoms with van der Waals surface area (Å²) in [4.78, 5) is 24.0. The highest BCUT2D eigenvalue weighted by atomic mass is 16.5. The van der Waals surface area contributed by atoms with Crippen molar-refractivity contribution in [3.8, 4) is 0 Å². The van der Waals surface area contributed by atoms with Crippen LogP contribution in [0.4, 0.5) is 0 Å². The minimum absolute atomic E-state index is 0.0169. The van der Waals surface area contributed by atoms with E-state index < -0.39 is 0 Å². The summed E-state index contributed by atoms with van der Waals surface area (Å²) in [7, 11) is 0. The predicted octanol–water partition coefficient (Wildman–Crippen LogP) is 3.43. The molecule has 0 saturated heterocycles. The third-order valence-electron chi connectivity index (χ3n) is 3.74. The number of ketones is 2. The van der Waals surface area contributed by atoms with E-state index in [4.69, 9.17) is 4.52 Å². The molecular weight excluding hydrogens is 270 g/mol. The van der Waals surface area contributed by atoms with Crippen LogP contribution in [0.3, 0.4) is 0 Å². The second-order valence-electron chi connectivity index (χ2n) is 5.83. The summed E-state index contributed by atoms with van der Waals surface area (Å²) in [5, 5.41) is 14.0. The van der Waals surface area contributed by atoms with E-state index in [2.05, 4.69) is 5.16 Å². The van der Waals surface area contributed by atoms with Gasteiger partial charge in [-0.05, 0) is 12.3 Å². The summed E-state index contributed by atoms with van der Waals surface area (Å²) in [6, 6.07) is 1.83. The Morgan fingerprint density at radius 2 is 2.19 bits per heavy atom. The quantitative estimate of drug-likeness (QED) is 0.841. The number of carbonyl (C=O) groups excluding carboxylic acids is 2. The maximum Gasteiger partial charge on any atom is 0.170 e. The number of aliphatic hydroxyl groups is 1. The van der Waals surface area contributed by atoms with Crippen LogP contribution in [0.2, 0.25) is 0 Å². The molecule has 1 aliphatic carbocycles. The molecule has 5 nitrogen and oxygen atoms in total. The normalized spacial score (nSPS) is 19.4. The molecule has 0 aliphatic heterocycles. The number of hydrogen-bond acceptors (Lipinski definition) is 5. The molecule has 0 bridgehead atoms. The van der Waals surface area contributed by atoms with E-state index >= 15 is 0 Å². The number of aliphatic hydroxyl groups excluding tert-OH is 1. The van der Waals surface area contributed by atoms with Gasteiger partial charge in [0.05, 0.1) is 11.3 Å². The predicted molar refractivity (Wildman–Crippen MR) is 77.1 cm³/mol. The van der Waals surface area contributed by atoms with Gasteiger partial charge in [-0.1, -0.05) is 25.9 Å². The maximum atomic E-state index is 12.1. The van der Waals surface area contributed by atoms with Crippen LogP contribution in [0.25, 0.3) is 0 Å². The Morgan fingerprint density at radius 3 is 2.71 bits per heavy atom. The summed E-state index contributed by atoms with van der Waals surface area (Å²) in [6.45, 7) is 5.88. The fraction of sp³-hybridized carbons (Fsp3) is 0.562. The van der Waals surface area contributed by atoms with Gasteiger partial charge in [-0.3, -0.25) is 9.59 Å². The second-order valence-corrected chi connectivity index (χ2v) is 5.83. The van der Waals surface area contributed by atoms with E-state index in [1.54, 1.807) is 0 Å². The first-order chi connectivity index (χ1) is 9.93. The highest BCUT2D eigenvalue weighted by molar-refractivity contribution is 6.21. The molecule has 2 rings (SSSR count). The van der Waals surface area contributed by atoms with Gasteiger partial charge >= 0.3 is 0 Å².